The molecule has 1 saturated carbocycles. The molecule has 2 fully saturated rings. The second-order valence-electron chi connectivity index (χ2n) is 4.74. The lowest BCUT2D eigenvalue weighted by molar-refractivity contribution is 0.143. The number of methoxy groups -OCH3 is 1. The summed E-state index contributed by atoms with van der Waals surface area (Å²) in [5.74, 6) is 0.576. The van der Waals surface area contributed by atoms with Gasteiger partial charge in [0, 0.05) is 19.1 Å². The van der Waals surface area contributed by atoms with Gasteiger partial charge in [-0.05, 0) is 31.0 Å². The second kappa shape index (κ2) is 7.83. The molecule has 1 saturated heterocycles. The summed E-state index contributed by atoms with van der Waals surface area (Å²) in [5, 5.41) is 3.54. The Hall–Kier alpha value is -0.640. The zero-order valence-corrected chi connectivity index (χ0v) is 12.6. The smallest absolute Gasteiger partial charge is 0.141 e. The fourth-order valence-corrected chi connectivity index (χ4v) is 2.52. The van der Waals surface area contributed by atoms with E-state index < -0.39 is 0 Å². The normalized spacial score (nSPS) is 26.5. The van der Waals surface area contributed by atoms with Crippen molar-refractivity contribution < 1.29 is 9.13 Å². The highest BCUT2D eigenvalue weighted by atomic mass is 35.5. The molecule has 2 atom stereocenters. The molecule has 1 aromatic rings. The average Bonchev–Trinajstić information content (AvgIpc) is 2.97. The molecule has 1 aromatic carbocycles. The summed E-state index contributed by atoms with van der Waals surface area (Å²) in [6, 6.07) is 6.12. The lowest BCUT2D eigenvalue weighted by Crippen LogP contribution is -2.19. The van der Waals surface area contributed by atoms with Gasteiger partial charge in [-0.25, -0.2) is 4.39 Å². The van der Waals surface area contributed by atoms with E-state index >= 15 is 0 Å². The maximum Gasteiger partial charge on any atom is 0.141 e. The summed E-state index contributed by atoms with van der Waals surface area (Å²) in [4.78, 5) is 0. The Labute approximate surface area is 120 Å². The van der Waals surface area contributed by atoms with Crippen LogP contribution in [0.2, 0.25) is 5.02 Å². The molecule has 2 aliphatic rings. The lowest BCUT2D eigenvalue weighted by Gasteiger charge is -2.07. The van der Waals surface area contributed by atoms with Crippen molar-refractivity contribution in [2.75, 3.05) is 26.8 Å². The van der Waals surface area contributed by atoms with Crippen molar-refractivity contribution in [2.45, 2.75) is 20.3 Å². The van der Waals surface area contributed by atoms with Crippen LogP contribution in [-0.2, 0) is 4.74 Å². The molecule has 0 bridgehead atoms. The van der Waals surface area contributed by atoms with Gasteiger partial charge in [-0.2, -0.15) is 0 Å². The fourth-order valence-electron chi connectivity index (χ4n) is 2.39. The summed E-state index contributed by atoms with van der Waals surface area (Å²) in [5.41, 5.74) is 0.578. The minimum atomic E-state index is -0.367. The Morgan fingerprint density at radius 2 is 2.11 bits per heavy atom. The molecule has 108 valence electrons. The molecule has 1 heterocycles. The van der Waals surface area contributed by atoms with Crippen LogP contribution in [0.4, 0.5) is 4.39 Å². The van der Waals surface area contributed by atoms with Crippen molar-refractivity contribution in [1.82, 2.24) is 5.32 Å². The molecule has 1 aliphatic carbocycles. The SMILES string of the molecule is CC.COCC12CNCC1C2.Fc1ccccc1Cl. The summed E-state index contributed by atoms with van der Waals surface area (Å²) < 4.78 is 17.3. The molecule has 4 heteroatoms. The Morgan fingerprint density at radius 3 is 2.47 bits per heavy atom. The molecular weight excluding hydrogens is 265 g/mol. The summed E-state index contributed by atoms with van der Waals surface area (Å²) in [7, 11) is 1.79. The number of ether oxygens (including phenoxy) is 1. The van der Waals surface area contributed by atoms with Gasteiger partial charge in [-0.3, -0.25) is 0 Å². The van der Waals surface area contributed by atoms with E-state index in [2.05, 4.69) is 5.32 Å². The van der Waals surface area contributed by atoms with Gasteiger partial charge in [0.05, 0.1) is 11.6 Å². The third-order valence-corrected chi connectivity index (χ3v) is 3.79. The highest BCUT2D eigenvalue weighted by Crippen LogP contribution is 2.54. The summed E-state index contributed by atoms with van der Waals surface area (Å²) >= 11 is 5.33. The third kappa shape index (κ3) is 4.44. The van der Waals surface area contributed by atoms with E-state index in [0.717, 1.165) is 12.5 Å². The number of fused-ring (bicyclic) bond motifs is 1. The zero-order chi connectivity index (χ0) is 14.3. The van der Waals surface area contributed by atoms with Gasteiger partial charge in [-0.15, -0.1) is 0 Å². The van der Waals surface area contributed by atoms with E-state index in [9.17, 15) is 4.39 Å². The van der Waals surface area contributed by atoms with Crippen molar-refractivity contribution in [3.05, 3.63) is 35.1 Å². The predicted molar refractivity (Wildman–Crippen MR) is 78.0 cm³/mol. The van der Waals surface area contributed by atoms with Crippen LogP contribution in [-0.4, -0.2) is 26.8 Å². The van der Waals surface area contributed by atoms with Crippen molar-refractivity contribution in [3.8, 4) is 0 Å². The number of piperidine rings is 1. The van der Waals surface area contributed by atoms with Gasteiger partial charge >= 0.3 is 0 Å². The van der Waals surface area contributed by atoms with E-state index in [0.29, 0.717) is 5.41 Å². The standard InChI is InChI=1S/C7H13NO.C6H4ClF.C2H6/c1-9-5-7-2-6(7)3-8-4-7;7-5-3-1-2-4-6(5)8;1-2/h6,8H,2-5H2,1H3;1-4H;1-2H3. The van der Waals surface area contributed by atoms with Crippen molar-refractivity contribution >= 4 is 11.6 Å². The summed E-state index contributed by atoms with van der Waals surface area (Å²) in [6.45, 7) is 7.37. The molecule has 2 nitrogen and oxygen atoms in total. The van der Waals surface area contributed by atoms with Crippen molar-refractivity contribution in [3.63, 3.8) is 0 Å². The highest BCUT2D eigenvalue weighted by molar-refractivity contribution is 6.30. The molecule has 2 unspecified atom stereocenters. The first-order chi connectivity index (χ1) is 9.18. The van der Waals surface area contributed by atoms with Crippen LogP contribution in [0.3, 0.4) is 0 Å². The van der Waals surface area contributed by atoms with Crippen LogP contribution in [0.25, 0.3) is 0 Å². The quantitative estimate of drug-likeness (QED) is 0.894. The number of benzene rings is 1. The Bertz CT molecular complexity index is 367. The minimum Gasteiger partial charge on any atom is -0.384 e. The van der Waals surface area contributed by atoms with Crippen LogP contribution in [0, 0.1) is 17.2 Å². The molecule has 0 aromatic heterocycles. The van der Waals surface area contributed by atoms with Gasteiger partial charge in [0.25, 0.3) is 0 Å². The Balaban J connectivity index is 0.000000170. The van der Waals surface area contributed by atoms with E-state index in [1.165, 1.54) is 31.6 Å². The van der Waals surface area contributed by atoms with Crippen LogP contribution in [0.5, 0.6) is 0 Å². The lowest BCUT2D eigenvalue weighted by atomic mass is 10.1. The maximum atomic E-state index is 12.2. The molecule has 3 rings (SSSR count). The Kier molecular flexibility index (Phi) is 6.76. The Morgan fingerprint density at radius 1 is 1.42 bits per heavy atom. The monoisotopic (exact) mass is 287 g/mol. The number of rotatable bonds is 2. The van der Waals surface area contributed by atoms with Crippen molar-refractivity contribution in [2.24, 2.45) is 11.3 Å². The topological polar surface area (TPSA) is 21.3 Å². The largest absolute Gasteiger partial charge is 0.384 e. The van der Waals surface area contributed by atoms with Crippen LogP contribution in [0.15, 0.2) is 24.3 Å². The number of hydrogen-bond donors (Lipinski definition) is 1. The van der Waals surface area contributed by atoms with Gasteiger partial charge in [0.1, 0.15) is 5.82 Å². The van der Waals surface area contributed by atoms with Crippen LogP contribution < -0.4 is 5.32 Å². The molecule has 0 spiro atoms. The fraction of sp³-hybridized carbons (Fsp3) is 0.600. The van der Waals surface area contributed by atoms with Gasteiger partial charge in [-0.1, -0.05) is 37.6 Å². The van der Waals surface area contributed by atoms with Gasteiger partial charge in [0.15, 0.2) is 0 Å². The zero-order valence-electron chi connectivity index (χ0n) is 11.9. The van der Waals surface area contributed by atoms with E-state index in [1.54, 1.807) is 19.2 Å². The van der Waals surface area contributed by atoms with E-state index in [4.69, 9.17) is 16.3 Å². The second-order valence-corrected chi connectivity index (χ2v) is 5.15. The van der Waals surface area contributed by atoms with E-state index in [1.807, 2.05) is 13.8 Å². The van der Waals surface area contributed by atoms with Gasteiger partial charge in [0.2, 0.25) is 0 Å². The van der Waals surface area contributed by atoms with Crippen LogP contribution in [0.1, 0.15) is 20.3 Å². The number of nitrogens with one attached hydrogen (secondary N) is 1. The predicted octanol–water partition coefficient (Wildman–Crippen LogP) is 3.75. The maximum absolute atomic E-state index is 12.2. The summed E-state index contributed by atoms with van der Waals surface area (Å²) in [6.07, 6.45) is 1.40. The molecule has 19 heavy (non-hydrogen) atoms. The molecule has 0 amide bonds. The molecular formula is C15H23ClFNO. The third-order valence-electron chi connectivity index (χ3n) is 3.48. The van der Waals surface area contributed by atoms with Gasteiger partial charge < -0.3 is 10.1 Å². The average molecular weight is 288 g/mol. The first-order valence-electron chi connectivity index (χ1n) is 6.78. The van der Waals surface area contributed by atoms with Crippen LogP contribution >= 0.6 is 11.6 Å². The number of halogens is 2. The molecule has 1 N–H and O–H groups in total. The molecule has 1 aliphatic heterocycles. The number of hydrogen-bond acceptors (Lipinski definition) is 2. The molecule has 0 radical (unpaired) electrons. The van der Waals surface area contributed by atoms with Crippen molar-refractivity contribution in [1.29, 1.82) is 0 Å². The first-order valence-corrected chi connectivity index (χ1v) is 7.15. The first kappa shape index (κ1) is 16.4. The minimum absolute atomic E-state index is 0.174. The highest BCUT2D eigenvalue weighted by Gasteiger charge is 2.56. The van der Waals surface area contributed by atoms with E-state index in [-0.39, 0.29) is 10.8 Å².